The summed E-state index contributed by atoms with van der Waals surface area (Å²) in [6.45, 7) is 4.55. The zero-order valence-corrected chi connectivity index (χ0v) is 13.9. The summed E-state index contributed by atoms with van der Waals surface area (Å²) in [5, 5.41) is 0.584. The van der Waals surface area contributed by atoms with E-state index in [0.717, 1.165) is 12.1 Å². The number of H-pyrrole nitrogens is 2. The molecule has 0 aliphatic carbocycles. The number of thioether (sulfide) groups is 1. The summed E-state index contributed by atoms with van der Waals surface area (Å²) in [6.07, 6.45) is 3.85. The number of carbonyl (C=O) groups excluding carboxylic acids is 1. The molecule has 0 spiro atoms. The number of rotatable bonds is 8. The van der Waals surface area contributed by atoms with Gasteiger partial charge in [-0.2, -0.15) is 0 Å². The maximum Gasteiger partial charge on any atom is 0.356 e. The Balaban J connectivity index is 1.94. The van der Waals surface area contributed by atoms with Gasteiger partial charge < -0.3 is 19.4 Å². The molecule has 23 heavy (non-hydrogen) atoms. The van der Waals surface area contributed by atoms with Crippen molar-refractivity contribution in [2.75, 3.05) is 13.2 Å². The van der Waals surface area contributed by atoms with Gasteiger partial charge in [0.2, 0.25) is 5.43 Å². The molecule has 0 saturated heterocycles. The van der Waals surface area contributed by atoms with E-state index >= 15 is 0 Å². The molecule has 0 atom stereocenters. The van der Waals surface area contributed by atoms with Crippen molar-refractivity contribution in [1.82, 2.24) is 15.0 Å². The average molecular weight is 337 g/mol. The van der Waals surface area contributed by atoms with Gasteiger partial charge in [-0.1, -0.05) is 18.7 Å². The Morgan fingerprint density at radius 2 is 2.22 bits per heavy atom. The van der Waals surface area contributed by atoms with Crippen LogP contribution in [0.15, 0.2) is 28.4 Å². The summed E-state index contributed by atoms with van der Waals surface area (Å²) in [5.41, 5.74) is 0.906. The summed E-state index contributed by atoms with van der Waals surface area (Å²) < 4.78 is 10.2. The fourth-order valence-corrected chi connectivity index (χ4v) is 2.51. The second-order valence-corrected chi connectivity index (χ2v) is 5.61. The van der Waals surface area contributed by atoms with Crippen LogP contribution in [0, 0.1) is 0 Å². The minimum absolute atomic E-state index is 0.153. The molecule has 2 aromatic rings. The van der Waals surface area contributed by atoms with Gasteiger partial charge in [-0.15, -0.1) is 0 Å². The number of hydrogen-bond acceptors (Lipinski definition) is 6. The number of pyridine rings is 1. The molecule has 7 nitrogen and oxygen atoms in total. The van der Waals surface area contributed by atoms with Crippen LogP contribution in [-0.2, 0) is 10.5 Å². The van der Waals surface area contributed by atoms with Gasteiger partial charge in [-0.3, -0.25) is 4.79 Å². The normalized spacial score (nSPS) is 10.5. The van der Waals surface area contributed by atoms with Crippen molar-refractivity contribution in [2.24, 2.45) is 0 Å². The van der Waals surface area contributed by atoms with E-state index in [2.05, 4.69) is 15.0 Å². The molecule has 2 aromatic heterocycles. The van der Waals surface area contributed by atoms with Crippen molar-refractivity contribution in [3.05, 3.63) is 40.1 Å². The topological polar surface area (TPSA) is 97.1 Å². The first-order valence-corrected chi connectivity index (χ1v) is 8.32. The summed E-state index contributed by atoms with van der Waals surface area (Å²) in [4.78, 5) is 33.4. The highest BCUT2D eigenvalue weighted by atomic mass is 32.2. The fourth-order valence-electron chi connectivity index (χ4n) is 1.74. The number of esters is 1. The summed E-state index contributed by atoms with van der Waals surface area (Å²) in [6, 6.07) is 1.51. The highest BCUT2D eigenvalue weighted by Crippen LogP contribution is 2.19. The second-order valence-electron chi connectivity index (χ2n) is 4.65. The molecule has 0 amide bonds. The lowest BCUT2D eigenvalue weighted by atomic mass is 10.3. The van der Waals surface area contributed by atoms with Gasteiger partial charge in [0, 0.05) is 23.7 Å². The SMILES string of the molecule is CCCOc1c[nH]c(CSc2ncc(C(=O)OCC)[nH]2)cc1=O. The lowest BCUT2D eigenvalue weighted by molar-refractivity contribution is 0.0519. The van der Waals surface area contributed by atoms with Crippen LogP contribution in [0.25, 0.3) is 0 Å². The molecule has 0 radical (unpaired) electrons. The highest BCUT2D eigenvalue weighted by molar-refractivity contribution is 7.98. The van der Waals surface area contributed by atoms with Gasteiger partial charge in [0.25, 0.3) is 0 Å². The number of hydrogen-bond donors (Lipinski definition) is 2. The maximum atomic E-state index is 11.9. The molecule has 0 fully saturated rings. The Hall–Kier alpha value is -2.22. The van der Waals surface area contributed by atoms with Crippen molar-refractivity contribution in [3.63, 3.8) is 0 Å². The molecule has 0 aliphatic heterocycles. The van der Waals surface area contributed by atoms with Gasteiger partial charge in [-0.05, 0) is 13.3 Å². The number of nitrogens with one attached hydrogen (secondary N) is 2. The zero-order valence-electron chi connectivity index (χ0n) is 13.0. The van der Waals surface area contributed by atoms with Crippen molar-refractivity contribution in [2.45, 2.75) is 31.2 Å². The summed E-state index contributed by atoms with van der Waals surface area (Å²) in [7, 11) is 0. The molecule has 2 rings (SSSR count). The average Bonchev–Trinajstić information content (AvgIpc) is 3.01. The smallest absolute Gasteiger partial charge is 0.356 e. The molecule has 0 aliphatic rings. The summed E-state index contributed by atoms with van der Waals surface area (Å²) in [5.74, 6) is 0.403. The van der Waals surface area contributed by atoms with Crippen LogP contribution in [0.1, 0.15) is 36.5 Å². The Kier molecular flexibility index (Phi) is 6.28. The Morgan fingerprint density at radius 3 is 2.91 bits per heavy atom. The van der Waals surface area contributed by atoms with Crippen LogP contribution >= 0.6 is 11.8 Å². The van der Waals surface area contributed by atoms with Crippen LogP contribution in [0.3, 0.4) is 0 Å². The monoisotopic (exact) mass is 337 g/mol. The van der Waals surface area contributed by atoms with E-state index in [9.17, 15) is 9.59 Å². The third kappa shape index (κ3) is 4.88. The van der Waals surface area contributed by atoms with Crippen molar-refractivity contribution in [1.29, 1.82) is 0 Å². The van der Waals surface area contributed by atoms with E-state index in [1.807, 2.05) is 6.92 Å². The van der Waals surface area contributed by atoms with E-state index in [4.69, 9.17) is 9.47 Å². The van der Waals surface area contributed by atoms with E-state index in [1.165, 1.54) is 24.0 Å². The molecule has 124 valence electrons. The largest absolute Gasteiger partial charge is 0.488 e. The third-order valence-electron chi connectivity index (χ3n) is 2.81. The molecule has 2 N–H and O–H groups in total. The van der Waals surface area contributed by atoms with E-state index in [1.54, 1.807) is 13.1 Å². The minimum atomic E-state index is -0.433. The van der Waals surface area contributed by atoms with Crippen LogP contribution in [0.2, 0.25) is 0 Å². The number of carbonyl (C=O) groups is 1. The summed E-state index contributed by atoms with van der Waals surface area (Å²) >= 11 is 1.38. The van der Waals surface area contributed by atoms with Gasteiger partial charge in [0.1, 0.15) is 5.69 Å². The molecule has 0 saturated carbocycles. The first-order valence-electron chi connectivity index (χ1n) is 7.33. The van der Waals surface area contributed by atoms with Gasteiger partial charge in [0.05, 0.1) is 19.4 Å². The van der Waals surface area contributed by atoms with E-state index in [0.29, 0.717) is 35.6 Å². The molecule has 2 heterocycles. The first kappa shape index (κ1) is 17.1. The second kappa shape index (κ2) is 8.42. The predicted molar refractivity (Wildman–Crippen MR) is 87.0 cm³/mol. The van der Waals surface area contributed by atoms with Gasteiger partial charge in [-0.25, -0.2) is 9.78 Å². The first-order chi connectivity index (χ1) is 11.1. The van der Waals surface area contributed by atoms with Crippen molar-refractivity contribution < 1.29 is 14.3 Å². The molecule has 0 bridgehead atoms. The Morgan fingerprint density at radius 1 is 1.39 bits per heavy atom. The Labute approximate surface area is 137 Å². The molecule has 8 heteroatoms. The highest BCUT2D eigenvalue weighted by Gasteiger charge is 2.11. The molecule has 0 unspecified atom stereocenters. The quantitative estimate of drug-likeness (QED) is 0.567. The standard InChI is InChI=1S/C15H19N3O4S/c1-3-5-22-13-8-16-10(6-12(13)19)9-23-15-17-7-11(18-15)14(20)21-4-2/h6-8H,3-5,9H2,1-2H3,(H,16,19)(H,17,18). The van der Waals surface area contributed by atoms with Crippen LogP contribution < -0.4 is 10.2 Å². The van der Waals surface area contributed by atoms with Crippen molar-refractivity contribution >= 4 is 17.7 Å². The van der Waals surface area contributed by atoms with Crippen molar-refractivity contribution in [3.8, 4) is 5.75 Å². The van der Waals surface area contributed by atoms with Crippen LogP contribution in [-0.4, -0.2) is 34.1 Å². The van der Waals surface area contributed by atoms with Crippen LogP contribution in [0.5, 0.6) is 5.75 Å². The minimum Gasteiger partial charge on any atom is -0.488 e. The van der Waals surface area contributed by atoms with Crippen LogP contribution in [0.4, 0.5) is 0 Å². The number of nitrogens with zero attached hydrogens (tertiary/aromatic N) is 1. The fraction of sp³-hybridized carbons (Fsp3) is 0.400. The number of aromatic nitrogens is 3. The molecular formula is C15H19N3O4S. The van der Waals surface area contributed by atoms with E-state index < -0.39 is 5.97 Å². The van der Waals surface area contributed by atoms with Gasteiger partial charge in [0.15, 0.2) is 10.9 Å². The predicted octanol–water partition coefficient (Wildman–Crippen LogP) is 2.36. The lowest BCUT2D eigenvalue weighted by Crippen LogP contribution is -2.09. The molecule has 0 aromatic carbocycles. The van der Waals surface area contributed by atoms with Gasteiger partial charge >= 0.3 is 5.97 Å². The number of aromatic amines is 2. The third-order valence-corrected chi connectivity index (χ3v) is 3.75. The molecular weight excluding hydrogens is 318 g/mol. The maximum absolute atomic E-state index is 11.9. The van der Waals surface area contributed by atoms with E-state index in [-0.39, 0.29) is 5.43 Å². The number of ether oxygens (including phenoxy) is 2. The zero-order chi connectivity index (χ0) is 16.7. The Bertz CT molecular complexity index is 711. The lowest BCUT2D eigenvalue weighted by Gasteiger charge is -2.05. The number of imidazole rings is 1.